The molecule has 0 radical (unpaired) electrons. The Morgan fingerprint density at radius 3 is 2.32 bits per heavy atom. The Labute approximate surface area is 204 Å². The Morgan fingerprint density at radius 1 is 1.19 bits per heavy atom. The minimum atomic E-state index is -4.98. The number of amides is 1. The van der Waals surface area contributed by atoms with Crippen LogP contribution in [-0.4, -0.2) is 48.3 Å². The summed E-state index contributed by atoms with van der Waals surface area (Å²) in [5.74, 6) is -3.74. The van der Waals surface area contributed by atoms with E-state index in [4.69, 9.17) is 4.74 Å². The van der Waals surface area contributed by atoms with Gasteiger partial charge in [-0.3, -0.25) is 9.89 Å². The zero-order chi connectivity index (χ0) is 28.1. The molecule has 3 rings (SSSR count). The summed E-state index contributed by atoms with van der Waals surface area (Å²) in [6, 6.07) is 1.22. The van der Waals surface area contributed by atoms with Gasteiger partial charge in [-0.1, -0.05) is 0 Å². The predicted molar refractivity (Wildman–Crippen MR) is 114 cm³/mol. The van der Waals surface area contributed by atoms with Gasteiger partial charge in [-0.2, -0.15) is 36.5 Å². The van der Waals surface area contributed by atoms with Crippen molar-refractivity contribution in [2.24, 2.45) is 7.05 Å². The Hall–Kier alpha value is -3.69. The number of carbonyl (C=O) groups is 1. The number of aryl methyl sites for hydroxylation is 2. The Kier molecular flexibility index (Phi) is 7.02. The molecule has 37 heavy (non-hydrogen) atoms. The number of aromatic nitrogens is 5. The van der Waals surface area contributed by atoms with Crippen LogP contribution in [0, 0.1) is 12.7 Å². The fourth-order valence-corrected chi connectivity index (χ4v) is 3.26. The third-order valence-corrected chi connectivity index (χ3v) is 5.08. The van der Waals surface area contributed by atoms with E-state index >= 15 is 4.39 Å². The number of nitrogens with zero attached hydrogens (tertiary/aromatic N) is 4. The van der Waals surface area contributed by atoms with Crippen LogP contribution >= 0.6 is 0 Å². The Balaban J connectivity index is 2.13. The SMILES string of the molecule is Cc1[nH]nc(C(F)(F)F)c1NC(=O)c1cc(F)c(-c2nc(C(C)(C)O)n(C)n2)cc1O[C@@H](C)C(F)(F)F. The van der Waals surface area contributed by atoms with Crippen LogP contribution in [0.2, 0.25) is 0 Å². The summed E-state index contributed by atoms with van der Waals surface area (Å²) in [6.07, 6.45) is -12.4. The Bertz CT molecular complexity index is 1320. The lowest BCUT2D eigenvalue weighted by Crippen LogP contribution is -2.32. The van der Waals surface area contributed by atoms with E-state index in [1.165, 1.54) is 20.9 Å². The van der Waals surface area contributed by atoms with Gasteiger partial charge in [0, 0.05) is 7.05 Å². The van der Waals surface area contributed by atoms with Crippen molar-refractivity contribution in [2.45, 2.75) is 51.8 Å². The van der Waals surface area contributed by atoms with Gasteiger partial charge in [-0.25, -0.2) is 14.1 Å². The predicted octanol–water partition coefficient (Wildman–Crippen LogP) is 4.48. The molecule has 0 aliphatic rings. The van der Waals surface area contributed by atoms with Gasteiger partial charge in [-0.15, -0.1) is 0 Å². The first-order valence-corrected chi connectivity index (χ1v) is 10.5. The second-order valence-corrected chi connectivity index (χ2v) is 8.60. The van der Waals surface area contributed by atoms with Gasteiger partial charge < -0.3 is 15.2 Å². The average molecular weight is 538 g/mol. The van der Waals surface area contributed by atoms with E-state index < -0.39 is 64.0 Å². The molecule has 2 aromatic heterocycles. The number of hydrogen-bond donors (Lipinski definition) is 3. The number of benzene rings is 1. The van der Waals surface area contributed by atoms with Crippen LogP contribution < -0.4 is 10.1 Å². The van der Waals surface area contributed by atoms with Crippen LogP contribution in [0.4, 0.5) is 36.4 Å². The van der Waals surface area contributed by atoms with Crippen LogP contribution in [0.1, 0.15) is 48.3 Å². The van der Waals surface area contributed by atoms with E-state index in [9.17, 15) is 36.2 Å². The first kappa shape index (κ1) is 27.9. The highest BCUT2D eigenvalue weighted by Gasteiger charge is 2.40. The number of anilines is 1. The lowest BCUT2D eigenvalue weighted by molar-refractivity contribution is -0.189. The topological polar surface area (TPSA) is 118 Å². The monoisotopic (exact) mass is 538 g/mol. The van der Waals surface area contributed by atoms with Crippen molar-refractivity contribution >= 4 is 11.6 Å². The van der Waals surface area contributed by atoms with Gasteiger partial charge in [0.1, 0.15) is 17.2 Å². The van der Waals surface area contributed by atoms with E-state index in [0.29, 0.717) is 13.0 Å². The van der Waals surface area contributed by atoms with Crippen LogP contribution in [0.3, 0.4) is 0 Å². The smallest absolute Gasteiger partial charge is 0.437 e. The maximum Gasteiger partial charge on any atom is 0.437 e. The lowest BCUT2D eigenvalue weighted by atomic mass is 10.1. The van der Waals surface area contributed by atoms with E-state index in [1.54, 1.807) is 0 Å². The molecule has 0 aliphatic carbocycles. The second-order valence-electron chi connectivity index (χ2n) is 8.60. The number of halogens is 7. The summed E-state index contributed by atoms with van der Waals surface area (Å²) in [7, 11) is 1.39. The third-order valence-electron chi connectivity index (χ3n) is 5.08. The largest absolute Gasteiger partial charge is 0.480 e. The quantitative estimate of drug-likeness (QED) is 0.399. The molecule has 3 aromatic rings. The molecule has 1 aromatic carbocycles. The molecule has 16 heteroatoms. The van der Waals surface area contributed by atoms with Gasteiger partial charge in [0.05, 0.1) is 22.5 Å². The first-order valence-electron chi connectivity index (χ1n) is 10.5. The zero-order valence-electron chi connectivity index (χ0n) is 19.9. The van der Waals surface area contributed by atoms with Gasteiger partial charge >= 0.3 is 12.4 Å². The molecule has 1 atom stereocenters. The molecular weight excluding hydrogens is 517 g/mol. The van der Waals surface area contributed by atoms with Gasteiger partial charge in [-0.05, 0) is 39.8 Å². The summed E-state index contributed by atoms with van der Waals surface area (Å²) in [5, 5.41) is 21.2. The highest BCUT2D eigenvalue weighted by atomic mass is 19.4. The van der Waals surface area contributed by atoms with Crippen LogP contribution in [0.25, 0.3) is 11.4 Å². The van der Waals surface area contributed by atoms with Gasteiger partial charge in [0.2, 0.25) is 0 Å². The third kappa shape index (κ3) is 5.84. The number of alkyl halides is 6. The van der Waals surface area contributed by atoms with Crippen molar-refractivity contribution in [2.75, 3.05) is 5.32 Å². The lowest BCUT2D eigenvalue weighted by Gasteiger charge is -2.20. The van der Waals surface area contributed by atoms with E-state index in [-0.39, 0.29) is 17.3 Å². The number of H-pyrrole nitrogens is 1. The number of aliphatic hydroxyl groups is 1. The number of nitrogens with one attached hydrogen (secondary N) is 2. The van der Waals surface area contributed by atoms with Crippen LogP contribution in [0.15, 0.2) is 12.1 Å². The summed E-state index contributed by atoms with van der Waals surface area (Å²) in [5.41, 5.74) is -5.32. The summed E-state index contributed by atoms with van der Waals surface area (Å²) >= 11 is 0. The molecule has 1 amide bonds. The first-order chi connectivity index (χ1) is 16.8. The molecule has 0 saturated carbocycles. The highest BCUT2D eigenvalue weighted by molar-refractivity contribution is 6.07. The minimum absolute atomic E-state index is 0.00930. The highest BCUT2D eigenvalue weighted by Crippen LogP contribution is 2.37. The molecule has 2 heterocycles. The fraction of sp³-hybridized carbons (Fsp3) is 0.429. The average Bonchev–Trinajstić information content (AvgIpc) is 3.30. The number of carbonyl (C=O) groups excluding carboxylic acids is 1. The standard InChI is InChI=1S/C21H21F7N6O3/c1-8-14(15(32-31-8)21(26,27)28)29-17(35)11-6-12(22)10(7-13(11)37-9(2)20(23,24)25)16-30-18(19(3,4)36)34(5)33-16/h6-7,9,36H,1-5H3,(H,29,35)(H,31,32)/t9-/m0/s1. The molecule has 0 unspecified atom stereocenters. The normalized spacial score (nSPS) is 13.5. The van der Waals surface area contributed by atoms with Crippen molar-refractivity contribution in [3.63, 3.8) is 0 Å². The maximum atomic E-state index is 15.1. The molecule has 0 fully saturated rings. The number of hydrogen-bond acceptors (Lipinski definition) is 6. The maximum absolute atomic E-state index is 15.1. The van der Waals surface area contributed by atoms with E-state index in [2.05, 4.69) is 20.3 Å². The van der Waals surface area contributed by atoms with Crippen molar-refractivity contribution in [3.8, 4) is 17.1 Å². The van der Waals surface area contributed by atoms with Crippen molar-refractivity contribution in [3.05, 3.63) is 40.7 Å². The van der Waals surface area contributed by atoms with E-state index in [0.717, 1.165) is 17.7 Å². The zero-order valence-corrected chi connectivity index (χ0v) is 19.9. The van der Waals surface area contributed by atoms with Gasteiger partial charge in [0.15, 0.2) is 23.4 Å². The van der Waals surface area contributed by atoms with Crippen LogP contribution in [-0.2, 0) is 18.8 Å². The van der Waals surface area contributed by atoms with Crippen molar-refractivity contribution in [1.29, 1.82) is 0 Å². The van der Waals surface area contributed by atoms with Crippen molar-refractivity contribution in [1.82, 2.24) is 25.0 Å². The number of ether oxygens (including phenoxy) is 1. The van der Waals surface area contributed by atoms with E-state index in [1.807, 2.05) is 5.32 Å². The number of aromatic amines is 1. The summed E-state index contributed by atoms with van der Waals surface area (Å²) < 4.78 is 100. The molecule has 0 spiro atoms. The van der Waals surface area contributed by atoms with Crippen molar-refractivity contribution < 1.29 is 45.4 Å². The molecule has 0 aliphatic heterocycles. The minimum Gasteiger partial charge on any atom is -0.480 e. The summed E-state index contributed by atoms with van der Waals surface area (Å²) in [4.78, 5) is 16.9. The molecule has 9 nitrogen and oxygen atoms in total. The second kappa shape index (κ2) is 9.32. The van der Waals surface area contributed by atoms with Gasteiger partial charge in [0.25, 0.3) is 5.91 Å². The molecule has 3 N–H and O–H groups in total. The summed E-state index contributed by atoms with van der Waals surface area (Å²) in [6.45, 7) is 4.53. The van der Waals surface area contributed by atoms with Crippen LogP contribution in [0.5, 0.6) is 5.75 Å². The Morgan fingerprint density at radius 2 is 1.81 bits per heavy atom. The molecule has 0 bridgehead atoms. The number of rotatable bonds is 6. The molecule has 0 saturated heterocycles. The fourth-order valence-electron chi connectivity index (χ4n) is 3.26. The molecule has 202 valence electrons. The molecular formula is C21H21F7N6O3.